The molecule has 0 bridgehead atoms. The minimum atomic E-state index is -0.615. The van der Waals surface area contributed by atoms with Gasteiger partial charge in [-0.3, -0.25) is 14.4 Å². The number of benzene rings is 1. The number of carbonyl (C=O) groups is 1. The molecule has 3 aromatic heterocycles. The normalized spacial score (nSPS) is 16.4. The quantitative estimate of drug-likeness (QED) is 0.481. The van der Waals surface area contributed by atoms with E-state index in [1.807, 2.05) is 11.4 Å². The molecule has 1 N–H and O–H groups in total. The van der Waals surface area contributed by atoms with Crippen molar-refractivity contribution in [1.29, 1.82) is 0 Å². The molecule has 5 rings (SSSR count). The number of aryl methyl sites for hydroxylation is 1. The van der Waals surface area contributed by atoms with Crippen LogP contribution in [0.1, 0.15) is 23.2 Å². The number of halogens is 2. The summed E-state index contributed by atoms with van der Waals surface area (Å²) in [6.45, 7) is 1.49. The topological polar surface area (TPSA) is 75.9 Å². The fourth-order valence-corrected chi connectivity index (χ4v) is 5.24. The maximum atomic E-state index is 15.2. The minimum absolute atomic E-state index is 0.0200. The summed E-state index contributed by atoms with van der Waals surface area (Å²) in [7, 11) is 1.74. The van der Waals surface area contributed by atoms with E-state index in [1.165, 1.54) is 23.5 Å². The second kappa shape index (κ2) is 8.57. The molecule has 0 radical (unpaired) electrons. The molecule has 32 heavy (non-hydrogen) atoms. The van der Waals surface area contributed by atoms with E-state index in [2.05, 4.69) is 20.6 Å². The van der Waals surface area contributed by atoms with Crippen LogP contribution in [0.4, 0.5) is 10.2 Å². The van der Waals surface area contributed by atoms with Gasteiger partial charge in [-0.15, -0.1) is 16.4 Å². The lowest BCUT2D eigenvalue weighted by Gasteiger charge is -2.34. The summed E-state index contributed by atoms with van der Waals surface area (Å²) >= 11 is 7.95. The Hall–Kier alpha value is -2.88. The van der Waals surface area contributed by atoms with Crippen molar-refractivity contribution in [2.75, 3.05) is 18.0 Å². The molecule has 1 atom stereocenters. The first-order valence-corrected chi connectivity index (χ1v) is 11.5. The third-order valence-electron chi connectivity index (χ3n) is 5.60. The first kappa shape index (κ1) is 21.0. The first-order valence-electron chi connectivity index (χ1n) is 10.2. The number of hydrogen-bond donors (Lipinski definition) is 1. The highest BCUT2D eigenvalue weighted by atomic mass is 35.5. The number of amides is 1. The van der Waals surface area contributed by atoms with Gasteiger partial charge in [-0.1, -0.05) is 22.9 Å². The number of nitrogens with zero attached hydrogens (tertiary/aromatic N) is 5. The van der Waals surface area contributed by atoms with Gasteiger partial charge in [0.2, 0.25) is 0 Å². The van der Waals surface area contributed by atoms with Crippen molar-refractivity contribution < 1.29 is 9.18 Å². The zero-order valence-corrected chi connectivity index (χ0v) is 18.8. The predicted octanol–water partition coefficient (Wildman–Crippen LogP) is 4.28. The molecule has 1 amide bonds. The van der Waals surface area contributed by atoms with E-state index in [4.69, 9.17) is 11.6 Å². The van der Waals surface area contributed by atoms with Crippen molar-refractivity contribution in [2.24, 2.45) is 7.05 Å². The molecule has 1 aliphatic rings. The van der Waals surface area contributed by atoms with Crippen molar-refractivity contribution in [2.45, 2.75) is 18.9 Å². The van der Waals surface area contributed by atoms with Gasteiger partial charge in [0.25, 0.3) is 5.91 Å². The zero-order valence-electron chi connectivity index (χ0n) is 17.3. The lowest BCUT2D eigenvalue weighted by atomic mass is 10.0. The number of anilines is 1. The van der Waals surface area contributed by atoms with Crippen LogP contribution in [0.25, 0.3) is 21.3 Å². The standard InChI is InChI=1S/C22H20ClFN6OS/c1-29-11-18(27-28-29)13-4-5-15(17(24)9-13)22(31)30(14-3-2-7-25-10-14)21-20-16(23)12-32-19(20)6-8-26-21/h4-6,8-9,11-12,14,25H,2-3,7,10H2,1H3/t14-/m1/s1. The highest BCUT2D eigenvalue weighted by molar-refractivity contribution is 7.18. The lowest BCUT2D eigenvalue weighted by Crippen LogP contribution is -2.49. The van der Waals surface area contributed by atoms with Gasteiger partial charge in [0.05, 0.1) is 28.2 Å². The maximum Gasteiger partial charge on any atom is 0.262 e. The highest BCUT2D eigenvalue weighted by Gasteiger charge is 2.32. The predicted molar refractivity (Wildman–Crippen MR) is 124 cm³/mol. The summed E-state index contributed by atoms with van der Waals surface area (Å²) in [6, 6.07) is 6.21. The van der Waals surface area contributed by atoms with Crippen molar-refractivity contribution in [3.05, 3.63) is 58.4 Å². The SMILES string of the molecule is Cn1cc(-c2ccc(C(=O)N(c3nccc4scc(Cl)c34)[C@@H]3CCCNC3)c(F)c2)nn1. The van der Waals surface area contributed by atoms with Gasteiger partial charge in [-0.25, -0.2) is 9.37 Å². The van der Waals surface area contributed by atoms with Crippen LogP contribution in [0.15, 0.2) is 42.0 Å². The molecule has 0 saturated carbocycles. The van der Waals surface area contributed by atoms with E-state index in [-0.39, 0.29) is 11.6 Å². The number of nitrogens with one attached hydrogen (secondary N) is 1. The average Bonchev–Trinajstić information content (AvgIpc) is 3.41. The van der Waals surface area contributed by atoms with E-state index in [0.717, 1.165) is 29.5 Å². The molecule has 7 nitrogen and oxygen atoms in total. The fourth-order valence-electron chi connectivity index (χ4n) is 4.06. The smallest absolute Gasteiger partial charge is 0.262 e. The van der Waals surface area contributed by atoms with Crippen LogP contribution in [0.2, 0.25) is 5.02 Å². The van der Waals surface area contributed by atoms with Crippen molar-refractivity contribution in [1.82, 2.24) is 25.3 Å². The second-order valence-electron chi connectivity index (χ2n) is 7.74. The van der Waals surface area contributed by atoms with Crippen LogP contribution >= 0.6 is 22.9 Å². The van der Waals surface area contributed by atoms with Gasteiger partial charge in [0.15, 0.2) is 0 Å². The van der Waals surface area contributed by atoms with E-state index in [0.29, 0.717) is 28.6 Å². The van der Waals surface area contributed by atoms with E-state index in [1.54, 1.807) is 35.1 Å². The van der Waals surface area contributed by atoms with E-state index in [9.17, 15) is 4.79 Å². The summed E-state index contributed by atoms with van der Waals surface area (Å²) in [5, 5.41) is 14.3. The first-order chi connectivity index (χ1) is 15.5. The highest BCUT2D eigenvalue weighted by Crippen LogP contribution is 2.38. The van der Waals surface area contributed by atoms with Crippen LogP contribution in [0.3, 0.4) is 0 Å². The number of pyridine rings is 1. The van der Waals surface area contributed by atoms with Crippen molar-refractivity contribution >= 4 is 44.7 Å². The number of thiophene rings is 1. The Labute approximate surface area is 192 Å². The molecule has 1 aliphatic heterocycles. The Morgan fingerprint density at radius 3 is 2.97 bits per heavy atom. The monoisotopic (exact) mass is 470 g/mol. The third kappa shape index (κ3) is 3.76. The van der Waals surface area contributed by atoms with Crippen LogP contribution in [-0.4, -0.2) is 45.0 Å². The minimum Gasteiger partial charge on any atom is -0.315 e. The molecule has 4 aromatic rings. The summed E-state index contributed by atoms with van der Waals surface area (Å²) in [5.41, 5.74) is 1.07. The summed E-state index contributed by atoms with van der Waals surface area (Å²) < 4.78 is 17.7. The average molecular weight is 471 g/mol. The van der Waals surface area contributed by atoms with Gasteiger partial charge in [0, 0.05) is 35.4 Å². The van der Waals surface area contributed by atoms with Crippen molar-refractivity contribution in [3.63, 3.8) is 0 Å². The summed E-state index contributed by atoms with van der Waals surface area (Å²) in [5.74, 6) is -0.593. The van der Waals surface area contributed by atoms with Gasteiger partial charge in [-0.05, 0) is 37.6 Å². The second-order valence-corrected chi connectivity index (χ2v) is 9.06. The fraction of sp³-hybridized carbons (Fsp3) is 0.273. The molecule has 0 unspecified atom stereocenters. The van der Waals surface area contributed by atoms with Crippen LogP contribution in [0.5, 0.6) is 0 Å². The molecule has 1 fully saturated rings. The third-order valence-corrected chi connectivity index (χ3v) is 6.98. The Kier molecular flexibility index (Phi) is 5.62. The zero-order chi connectivity index (χ0) is 22.2. The molecule has 164 valence electrons. The molecule has 0 spiro atoms. The van der Waals surface area contributed by atoms with Gasteiger partial charge in [0.1, 0.15) is 17.3 Å². The van der Waals surface area contributed by atoms with Gasteiger partial charge >= 0.3 is 0 Å². The Morgan fingerprint density at radius 2 is 2.25 bits per heavy atom. The number of hydrogen-bond acceptors (Lipinski definition) is 6. The largest absolute Gasteiger partial charge is 0.315 e. The lowest BCUT2D eigenvalue weighted by molar-refractivity contribution is 0.0968. The molecular formula is C22H20ClFN6OS. The maximum absolute atomic E-state index is 15.2. The summed E-state index contributed by atoms with van der Waals surface area (Å²) in [6.07, 6.45) is 5.06. The Morgan fingerprint density at radius 1 is 1.38 bits per heavy atom. The van der Waals surface area contributed by atoms with Gasteiger partial charge in [-0.2, -0.15) is 0 Å². The molecular weight excluding hydrogens is 451 g/mol. The number of piperidine rings is 1. The Bertz CT molecular complexity index is 1300. The van der Waals surface area contributed by atoms with Crippen LogP contribution in [-0.2, 0) is 7.05 Å². The number of aromatic nitrogens is 4. The summed E-state index contributed by atoms with van der Waals surface area (Å²) in [4.78, 5) is 19.9. The molecule has 10 heteroatoms. The number of fused-ring (bicyclic) bond motifs is 1. The van der Waals surface area contributed by atoms with E-state index >= 15 is 4.39 Å². The van der Waals surface area contributed by atoms with Gasteiger partial charge < -0.3 is 5.32 Å². The number of rotatable bonds is 4. The molecule has 4 heterocycles. The van der Waals surface area contributed by atoms with E-state index < -0.39 is 11.7 Å². The van der Waals surface area contributed by atoms with Crippen LogP contribution in [0, 0.1) is 5.82 Å². The number of carbonyl (C=O) groups excluding carboxylic acids is 1. The molecule has 1 aromatic carbocycles. The molecule has 1 saturated heterocycles. The molecule has 0 aliphatic carbocycles. The van der Waals surface area contributed by atoms with Crippen LogP contribution < -0.4 is 10.2 Å². The Balaban J connectivity index is 1.59. The van der Waals surface area contributed by atoms with Crippen molar-refractivity contribution in [3.8, 4) is 11.3 Å².